The molecule has 0 saturated carbocycles. The summed E-state index contributed by atoms with van der Waals surface area (Å²) in [7, 11) is -4.26. The third-order valence-corrected chi connectivity index (χ3v) is 6.14. The summed E-state index contributed by atoms with van der Waals surface area (Å²) in [6.07, 6.45) is 8.95. The Morgan fingerprint density at radius 3 is 2.27 bits per heavy atom. The van der Waals surface area contributed by atoms with Crippen molar-refractivity contribution in [2.45, 2.75) is 56.9 Å². The van der Waals surface area contributed by atoms with Gasteiger partial charge in [-0.3, -0.25) is 4.79 Å². The zero-order valence-electron chi connectivity index (χ0n) is 20.4. The van der Waals surface area contributed by atoms with E-state index in [0.717, 1.165) is 56.8 Å². The van der Waals surface area contributed by atoms with Crippen molar-refractivity contribution in [2.24, 2.45) is 0 Å². The highest BCUT2D eigenvalue weighted by atomic mass is 32.2. The van der Waals surface area contributed by atoms with Gasteiger partial charge >= 0.3 is 21.6 Å². The lowest BCUT2D eigenvalue weighted by atomic mass is 10.0. The first kappa shape index (κ1) is 29.9. The van der Waals surface area contributed by atoms with E-state index in [9.17, 15) is 26.4 Å². The van der Waals surface area contributed by atoms with Gasteiger partial charge in [-0.1, -0.05) is 43.9 Å². The van der Waals surface area contributed by atoms with E-state index in [1.165, 1.54) is 23.8 Å². The lowest BCUT2D eigenvalue weighted by molar-refractivity contribution is -0.136. The SMILES string of the molecule is COc1ccc(CCCCCCCCOc2ccc(OS(=O)(=O)C(F)(F)F)nc2/C=C/CC(=O)O)cc1. The number of alkyl halides is 3. The molecule has 0 radical (unpaired) electrons. The van der Waals surface area contributed by atoms with E-state index in [1.807, 2.05) is 12.1 Å². The third-order valence-electron chi connectivity index (χ3n) is 5.18. The number of carboxylic acid groups (broad SMARTS) is 1. The number of benzene rings is 1. The minimum Gasteiger partial charge on any atom is -0.497 e. The van der Waals surface area contributed by atoms with Crippen molar-refractivity contribution < 1.29 is 45.1 Å². The summed E-state index contributed by atoms with van der Waals surface area (Å²) < 4.78 is 75.1. The molecule has 0 bridgehead atoms. The summed E-state index contributed by atoms with van der Waals surface area (Å²) >= 11 is 0. The van der Waals surface area contributed by atoms with Gasteiger partial charge in [0.2, 0.25) is 5.88 Å². The normalized spacial score (nSPS) is 12.0. The summed E-state index contributed by atoms with van der Waals surface area (Å²) in [5.41, 5.74) is -4.39. The molecule has 1 aromatic heterocycles. The molecule has 0 aliphatic rings. The predicted molar refractivity (Wildman–Crippen MR) is 131 cm³/mol. The van der Waals surface area contributed by atoms with Crippen LogP contribution in [0.4, 0.5) is 13.2 Å². The van der Waals surface area contributed by atoms with Gasteiger partial charge in [-0.25, -0.2) is 4.98 Å². The second-order valence-electron chi connectivity index (χ2n) is 8.08. The Morgan fingerprint density at radius 2 is 1.65 bits per heavy atom. The van der Waals surface area contributed by atoms with Gasteiger partial charge in [0, 0.05) is 6.07 Å². The summed E-state index contributed by atoms with van der Waals surface area (Å²) in [6.45, 7) is 0.300. The highest BCUT2D eigenvalue weighted by Crippen LogP contribution is 2.28. The molecule has 2 aromatic rings. The topological polar surface area (TPSA) is 112 Å². The Labute approximate surface area is 214 Å². The van der Waals surface area contributed by atoms with Gasteiger partial charge in [-0.15, -0.1) is 0 Å². The number of aryl methyl sites for hydroxylation is 1. The van der Waals surface area contributed by atoms with Crippen LogP contribution in [0.5, 0.6) is 17.4 Å². The van der Waals surface area contributed by atoms with Crippen molar-refractivity contribution in [1.29, 1.82) is 0 Å². The van der Waals surface area contributed by atoms with E-state index in [-0.39, 0.29) is 17.9 Å². The number of hydrogen-bond acceptors (Lipinski definition) is 7. The largest absolute Gasteiger partial charge is 0.534 e. The van der Waals surface area contributed by atoms with Crippen molar-refractivity contribution in [3.8, 4) is 17.4 Å². The van der Waals surface area contributed by atoms with Crippen LogP contribution in [-0.2, 0) is 21.3 Å². The number of methoxy groups -OCH3 is 1. The fourth-order valence-corrected chi connectivity index (χ4v) is 3.69. The molecule has 1 heterocycles. The number of hydrogen-bond donors (Lipinski definition) is 1. The Kier molecular flexibility index (Phi) is 11.7. The van der Waals surface area contributed by atoms with Gasteiger partial charge in [-0.2, -0.15) is 21.6 Å². The van der Waals surface area contributed by atoms with Gasteiger partial charge < -0.3 is 18.8 Å². The summed E-state index contributed by atoms with van der Waals surface area (Å²) in [5, 5.41) is 8.78. The van der Waals surface area contributed by atoms with Gasteiger partial charge in [0.15, 0.2) is 0 Å². The smallest absolute Gasteiger partial charge is 0.497 e. The number of unbranched alkanes of at least 4 members (excludes halogenated alkanes) is 5. The van der Waals surface area contributed by atoms with E-state index in [1.54, 1.807) is 7.11 Å². The monoisotopic (exact) mass is 545 g/mol. The minimum absolute atomic E-state index is 0.0466. The quantitative estimate of drug-likeness (QED) is 0.161. The number of aromatic nitrogens is 1. The van der Waals surface area contributed by atoms with Gasteiger partial charge in [-0.05, 0) is 49.1 Å². The van der Waals surface area contributed by atoms with Crippen LogP contribution < -0.4 is 13.7 Å². The third kappa shape index (κ3) is 10.7. The van der Waals surface area contributed by atoms with Crippen molar-refractivity contribution in [3.63, 3.8) is 0 Å². The van der Waals surface area contributed by atoms with Crippen LogP contribution in [0, 0.1) is 0 Å². The van der Waals surface area contributed by atoms with Crippen LogP contribution in [-0.4, -0.2) is 43.7 Å². The number of aliphatic carboxylic acids is 1. The Hall–Kier alpha value is -3.28. The standard InChI is InChI=1S/C25H30F3NO7S/c1-34-20-14-12-19(13-15-20)9-6-4-2-3-5-7-18-35-22-16-17-23(36-37(32,33)25(26,27)28)29-21(22)10-8-11-24(30)31/h8,10,12-17H,2-7,9,11,18H2,1H3,(H,30,31)/b10-8+. The highest BCUT2D eigenvalue weighted by molar-refractivity contribution is 7.87. The molecule has 0 aliphatic heterocycles. The van der Waals surface area contributed by atoms with Crippen LogP contribution >= 0.6 is 0 Å². The molecule has 0 atom stereocenters. The van der Waals surface area contributed by atoms with Crippen LogP contribution in [0.1, 0.15) is 56.2 Å². The fourth-order valence-electron chi connectivity index (χ4n) is 3.27. The molecule has 2 rings (SSSR count). The van der Waals surface area contributed by atoms with Gasteiger partial charge in [0.25, 0.3) is 0 Å². The second kappa shape index (κ2) is 14.5. The maximum absolute atomic E-state index is 12.6. The minimum atomic E-state index is -5.89. The molecule has 0 saturated heterocycles. The number of ether oxygens (including phenoxy) is 2. The van der Waals surface area contributed by atoms with Crippen LogP contribution in [0.15, 0.2) is 42.5 Å². The molecular formula is C25H30F3NO7S. The van der Waals surface area contributed by atoms with Gasteiger partial charge in [0.1, 0.15) is 17.2 Å². The zero-order valence-corrected chi connectivity index (χ0v) is 21.2. The van der Waals surface area contributed by atoms with Crippen molar-refractivity contribution in [1.82, 2.24) is 4.98 Å². The van der Waals surface area contributed by atoms with E-state index >= 15 is 0 Å². The molecule has 1 aromatic carbocycles. The Bertz CT molecular complexity index is 1130. The molecule has 0 amide bonds. The molecule has 12 heteroatoms. The maximum Gasteiger partial charge on any atom is 0.534 e. The number of carboxylic acids is 1. The fraction of sp³-hybridized carbons (Fsp3) is 0.440. The van der Waals surface area contributed by atoms with Crippen molar-refractivity contribution in [3.05, 3.63) is 53.7 Å². The van der Waals surface area contributed by atoms with E-state index in [0.29, 0.717) is 6.61 Å². The molecule has 8 nitrogen and oxygen atoms in total. The van der Waals surface area contributed by atoms with Crippen LogP contribution in [0.2, 0.25) is 0 Å². The maximum atomic E-state index is 12.6. The number of nitrogens with zero attached hydrogens (tertiary/aromatic N) is 1. The number of halogens is 3. The van der Waals surface area contributed by atoms with E-state index in [4.69, 9.17) is 14.6 Å². The lowest BCUT2D eigenvalue weighted by Gasteiger charge is -2.12. The second-order valence-corrected chi connectivity index (χ2v) is 9.62. The highest BCUT2D eigenvalue weighted by Gasteiger charge is 2.48. The lowest BCUT2D eigenvalue weighted by Crippen LogP contribution is -2.28. The van der Waals surface area contributed by atoms with Crippen LogP contribution in [0.25, 0.3) is 6.08 Å². The molecule has 0 aliphatic carbocycles. The Balaban J connectivity index is 1.80. The number of carbonyl (C=O) groups is 1. The first-order valence-electron chi connectivity index (χ1n) is 11.7. The molecular weight excluding hydrogens is 515 g/mol. The summed E-state index contributed by atoms with van der Waals surface area (Å²) in [6, 6.07) is 10.2. The molecule has 0 fully saturated rings. The summed E-state index contributed by atoms with van der Waals surface area (Å²) in [5.74, 6) is -0.939. The average Bonchev–Trinajstić information content (AvgIpc) is 2.83. The molecule has 204 valence electrons. The number of rotatable bonds is 16. The van der Waals surface area contributed by atoms with E-state index < -0.39 is 27.5 Å². The molecule has 37 heavy (non-hydrogen) atoms. The number of pyridine rings is 1. The zero-order chi connectivity index (χ0) is 27.3. The molecule has 0 unspecified atom stereocenters. The van der Waals surface area contributed by atoms with Crippen molar-refractivity contribution in [2.75, 3.05) is 13.7 Å². The first-order valence-corrected chi connectivity index (χ1v) is 13.1. The van der Waals surface area contributed by atoms with Crippen LogP contribution in [0.3, 0.4) is 0 Å². The summed E-state index contributed by atoms with van der Waals surface area (Å²) in [4.78, 5) is 14.5. The van der Waals surface area contributed by atoms with Crippen molar-refractivity contribution >= 4 is 22.2 Å². The molecule has 1 N–H and O–H groups in total. The predicted octanol–water partition coefficient (Wildman–Crippen LogP) is 5.77. The first-order chi connectivity index (χ1) is 17.5. The molecule has 0 spiro atoms. The Morgan fingerprint density at radius 1 is 1.00 bits per heavy atom. The van der Waals surface area contributed by atoms with Gasteiger partial charge in [0.05, 0.1) is 20.1 Å². The van der Waals surface area contributed by atoms with E-state index in [2.05, 4.69) is 21.3 Å². The average molecular weight is 546 g/mol.